The van der Waals surface area contributed by atoms with Gasteiger partial charge in [-0.05, 0) is 43.4 Å². The zero-order valence-electron chi connectivity index (χ0n) is 59.3. The number of carbonyl (C=O) groups is 4. The molecule has 0 heterocycles. The molecule has 0 aromatic rings. The van der Waals surface area contributed by atoms with E-state index in [1.807, 2.05) is 0 Å². The molecule has 19 heteroatoms. The summed E-state index contributed by atoms with van der Waals surface area (Å²) in [6.07, 6.45) is 47.1. The Hall–Kier alpha value is -1.94. The average Bonchev–Trinajstić information content (AvgIpc) is 3.11. The van der Waals surface area contributed by atoms with Crippen LogP contribution in [0.15, 0.2) is 0 Å². The molecule has 0 fully saturated rings. The fraction of sp³-hybridized carbons (Fsp3) is 0.944. The Labute approximate surface area is 556 Å². The van der Waals surface area contributed by atoms with Crippen molar-refractivity contribution in [2.45, 2.75) is 381 Å². The van der Waals surface area contributed by atoms with Gasteiger partial charge >= 0.3 is 39.5 Å². The van der Waals surface area contributed by atoms with Gasteiger partial charge in [-0.25, -0.2) is 9.13 Å². The number of unbranched alkanes of at least 4 members (excludes halogenated alkanes) is 38. The molecule has 0 radical (unpaired) electrons. The molecule has 540 valence electrons. The third-order valence-corrected chi connectivity index (χ3v) is 18.5. The van der Waals surface area contributed by atoms with Gasteiger partial charge < -0.3 is 33.8 Å². The summed E-state index contributed by atoms with van der Waals surface area (Å²) in [5, 5.41) is 10.6. The van der Waals surface area contributed by atoms with Crippen LogP contribution in [0.4, 0.5) is 0 Å². The zero-order valence-corrected chi connectivity index (χ0v) is 61.1. The predicted octanol–water partition coefficient (Wildman–Crippen LogP) is 20.6. The summed E-state index contributed by atoms with van der Waals surface area (Å²) in [5.74, 6) is 0.144. The molecule has 0 saturated carbocycles. The highest BCUT2D eigenvalue weighted by Gasteiger charge is 2.30. The van der Waals surface area contributed by atoms with Crippen molar-refractivity contribution in [2.24, 2.45) is 17.8 Å². The summed E-state index contributed by atoms with van der Waals surface area (Å²) in [6.45, 7) is 11.8. The molecule has 17 nitrogen and oxygen atoms in total. The maximum atomic E-state index is 13.0. The molecule has 0 rings (SSSR count). The maximum Gasteiger partial charge on any atom is 0.472 e. The Kier molecular flexibility index (Phi) is 61.5. The first-order valence-corrected chi connectivity index (χ1v) is 40.3. The number of phosphoric ester groups is 2. The minimum absolute atomic E-state index is 0.105. The summed E-state index contributed by atoms with van der Waals surface area (Å²) in [4.78, 5) is 72.6. The molecule has 0 aliphatic carbocycles. The molecular weight excluding hydrogens is 1200 g/mol. The molecule has 0 amide bonds. The molecule has 3 N–H and O–H groups in total. The normalized spacial score (nSPS) is 14.2. The highest BCUT2D eigenvalue weighted by atomic mass is 31.2. The van der Waals surface area contributed by atoms with Crippen molar-refractivity contribution in [3.8, 4) is 0 Å². The van der Waals surface area contributed by atoms with Gasteiger partial charge in [0.25, 0.3) is 0 Å². The van der Waals surface area contributed by atoms with E-state index in [0.29, 0.717) is 25.7 Å². The van der Waals surface area contributed by atoms with Crippen LogP contribution in [0.1, 0.15) is 363 Å². The Balaban J connectivity index is 5.25. The summed E-state index contributed by atoms with van der Waals surface area (Å²) in [6, 6.07) is 0. The second-order valence-electron chi connectivity index (χ2n) is 27.4. The lowest BCUT2D eigenvalue weighted by Gasteiger charge is -2.21. The first kappa shape index (κ1) is 89.1. The van der Waals surface area contributed by atoms with Crippen molar-refractivity contribution in [1.29, 1.82) is 0 Å². The quantitative estimate of drug-likeness (QED) is 0.0222. The third kappa shape index (κ3) is 66.5. The Morgan fingerprint density at radius 2 is 0.505 bits per heavy atom. The molecule has 0 aliphatic heterocycles. The molecule has 0 aromatic carbocycles. The number of esters is 4. The maximum absolute atomic E-state index is 13.0. The Morgan fingerprint density at radius 3 is 0.747 bits per heavy atom. The van der Waals surface area contributed by atoms with E-state index in [1.54, 1.807) is 0 Å². The molecule has 5 atom stereocenters. The van der Waals surface area contributed by atoms with Gasteiger partial charge in [0.2, 0.25) is 0 Å². The number of rotatable bonds is 70. The standard InChI is InChI=1S/C72H140O17P2/c1-8-9-10-11-12-13-17-25-32-39-46-53-69(74)82-59-68(89-72(77)56-49-42-35-28-21-24-31-38-45-52-65(6)7)62-87-91(80,81)85-58-66(73)57-84-90(78,79)86-61-67(60-83-70(75)54-47-40-33-27-20-23-30-37-44-51-64(4)5)88-71(76)55-48-41-34-26-19-16-14-15-18-22-29-36-43-50-63(2)3/h63-68,73H,8-62H2,1-7H3,(H,78,79)(H,80,81)/t66-,67-,68-/m1/s1. The van der Waals surface area contributed by atoms with Crippen molar-refractivity contribution < 1.29 is 80.2 Å². The van der Waals surface area contributed by atoms with Gasteiger partial charge in [-0.3, -0.25) is 37.3 Å². The molecule has 0 spiro atoms. The van der Waals surface area contributed by atoms with Gasteiger partial charge in [-0.15, -0.1) is 0 Å². The van der Waals surface area contributed by atoms with Crippen LogP contribution in [0.5, 0.6) is 0 Å². The van der Waals surface area contributed by atoms with Gasteiger partial charge in [0.15, 0.2) is 12.2 Å². The number of ether oxygens (including phenoxy) is 4. The minimum atomic E-state index is -4.95. The van der Waals surface area contributed by atoms with Crippen LogP contribution < -0.4 is 0 Å². The zero-order chi connectivity index (χ0) is 67.3. The topological polar surface area (TPSA) is 237 Å². The number of hydrogen-bond acceptors (Lipinski definition) is 15. The number of aliphatic hydroxyl groups is 1. The molecule has 91 heavy (non-hydrogen) atoms. The van der Waals surface area contributed by atoms with E-state index in [-0.39, 0.29) is 25.7 Å². The third-order valence-electron chi connectivity index (χ3n) is 16.6. The second-order valence-corrected chi connectivity index (χ2v) is 30.3. The SMILES string of the molecule is CCCCCCCCCCCCCC(=O)OC[C@H](COP(=O)(O)OC[C@H](O)COP(=O)(O)OC[C@@H](COC(=O)CCCCCCCCCCCC(C)C)OC(=O)CCCCCCCCCCCCCCCC(C)C)OC(=O)CCCCCCCCCCCC(C)C. The van der Waals surface area contributed by atoms with Gasteiger partial charge in [0, 0.05) is 25.7 Å². The van der Waals surface area contributed by atoms with E-state index >= 15 is 0 Å². The molecule has 0 bridgehead atoms. The number of carbonyl (C=O) groups excluding carboxylic acids is 4. The van der Waals surface area contributed by atoms with Crippen molar-refractivity contribution in [3.05, 3.63) is 0 Å². The van der Waals surface area contributed by atoms with Crippen LogP contribution in [0.2, 0.25) is 0 Å². The molecule has 2 unspecified atom stereocenters. The van der Waals surface area contributed by atoms with Crippen molar-refractivity contribution >= 4 is 39.5 Å². The van der Waals surface area contributed by atoms with Crippen molar-refractivity contribution in [2.75, 3.05) is 39.6 Å². The molecule has 0 aromatic heterocycles. The van der Waals surface area contributed by atoms with E-state index in [4.69, 9.17) is 37.0 Å². The number of aliphatic hydroxyl groups excluding tert-OH is 1. The summed E-state index contributed by atoms with van der Waals surface area (Å²) in [5.41, 5.74) is 0. The molecular formula is C72H140O17P2. The lowest BCUT2D eigenvalue weighted by Crippen LogP contribution is -2.30. The van der Waals surface area contributed by atoms with Crippen LogP contribution in [0, 0.1) is 17.8 Å². The van der Waals surface area contributed by atoms with Gasteiger partial charge in [-0.2, -0.15) is 0 Å². The van der Waals surface area contributed by atoms with Gasteiger partial charge in [-0.1, -0.05) is 312 Å². The fourth-order valence-corrected chi connectivity index (χ4v) is 12.5. The van der Waals surface area contributed by atoms with Crippen LogP contribution in [0.25, 0.3) is 0 Å². The first-order valence-electron chi connectivity index (χ1n) is 37.3. The minimum Gasteiger partial charge on any atom is -0.462 e. The summed E-state index contributed by atoms with van der Waals surface area (Å²) in [7, 11) is -9.90. The Bertz CT molecular complexity index is 1780. The number of phosphoric acid groups is 2. The van der Waals surface area contributed by atoms with Crippen LogP contribution in [-0.2, 0) is 65.4 Å². The predicted molar refractivity (Wildman–Crippen MR) is 368 cm³/mol. The highest BCUT2D eigenvalue weighted by molar-refractivity contribution is 7.47. The molecule has 0 aliphatic rings. The lowest BCUT2D eigenvalue weighted by molar-refractivity contribution is -0.161. The van der Waals surface area contributed by atoms with Gasteiger partial charge in [0.05, 0.1) is 26.4 Å². The largest absolute Gasteiger partial charge is 0.472 e. The number of hydrogen-bond donors (Lipinski definition) is 3. The summed E-state index contributed by atoms with van der Waals surface area (Å²) < 4.78 is 68.4. The second kappa shape index (κ2) is 62.8. The monoisotopic (exact) mass is 1340 g/mol. The van der Waals surface area contributed by atoms with E-state index in [9.17, 15) is 43.2 Å². The van der Waals surface area contributed by atoms with E-state index in [0.717, 1.165) is 108 Å². The fourth-order valence-electron chi connectivity index (χ4n) is 10.9. The van der Waals surface area contributed by atoms with Crippen LogP contribution in [-0.4, -0.2) is 96.7 Å². The lowest BCUT2D eigenvalue weighted by atomic mass is 10.0. The van der Waals surface area contributed by atoms with E-state index in [2.05, 4.69) is 48.5 Å². The first-order chi connectivity index (χ1) is 43.7. The summed E-state index contributed by atoms with van der Waals surface area (Å²) >= 11 is 0. The molecule has 0 saturated heterocycles. The average molecular weight is 1340 g/mol. The van der Waals surface area contributed by atoms with Crippen LogP contribution in [0.3, 0.4) is 0 Å². The van der Waals surface area contributed by atoms with Crippen molar-refractivity contribution in [3.63, 3.8) is 0 Å². The van der Waals surface area contributed by atoms with E-state index in [1.165, 1.54) is 173 Å². The van der Waals surface area contributed by atoms with Gasteiger partial charge in [0.1, 0.15) is 19.3 Å². The smallest absolute Gasteiger partial charge is 0.462 e. The van der Waals surface area contributed by atoms with Crippen molar-refractivity contribution in [1.82, 2.24) is 0 Å². The Morgan fingerprint density at radius 1 is 0.297 bits per heavy atom. The highest BCUT2D eigenvalue weighted by Crippen LogP contribution is 2.45. The van der Waals surface area contributed by atoms with Crippen LogP contribution >= 0.6 is 15.6 Å². The van der Waals surface area contributed by atoms with E-state index < -0.39 is 97.5 Å².